The average Bonchev–Trinajstić information content (AvgIpc) is 3.25. The van der Waals surface area contributed by atoms with Crippen LogP contribution in [0, 0.1) is 0 Å². The van der Waals surface area contributed by atoms with Gasteiger partial charge in [0.25, 0.3) is 0 Å². The van der Waals surface area contributed by atoms with Crippen LogP contribution in [-0.4, -0.2) is 32.5 Å². The summed E-state index contributed by atoms with van der Waals surface area (Å²) in [6, 6.07) is 10.3. The van der Waals surface area contributed by atoms with E-state index in [-0.39, 0.29) is 0 Å². The second kappa shape index (κ2) is 6.55. The van der Waals surface area contributed by atoms with E-state index in [2.05, 4.69) is 18.7 Å². The third kappa shape index (κ3) is 5.13. The van der Waals surface area contributed by atoms with Crippen molar-refractivity contribution in [3.63, 3.8) is 0 Å². The molecule has 17 heavy (non-hydrogen) atoms. The monoisotopic (exact) mass is 234 g/mol. The summed E-state index contributed by atoms with van der Waals surface area (Å²) in [5.74, 6) is 0. The fourth-order valence-corrected chi connectivity index (χ4v) is 1.36. The van der Waals surface area contributed by atoms with Gasteiger partial charge < -0.3 is 14.2 Å². The second-order valence-corrected chi connectivity index (χ2v) is 4.01. The van der Waals surface area contributed by atoms with Crippen molar-refractivity contribution in [2.75, 3.05) is 26.4 Å². The van der Waals surface area contributed by atoms with Gasteiger partial charge in [-0.2, -0.15) is 0 Å². The topological polar surface area (TPSA) is 34.3 Å². The molecule has 0 amide bonds. The highest BCUT2D eigenvalue weighted by molar-refractivity contribution is 5.19. The number of rotatable bonds is 5. The maximum atomic E-state index is 5.09. The van der Waals surface area contributed by atoms with Gasteiger partial charge in [0.1, 0.15) is 12.2 Å². The number of ether oxygens (including phenoxy) is 3. The molecule has 2 aliphatic rings. The van der Waals surface area contributed by atoms with Gasteiger partial charge in [-0.1, -0.05) is 36.4 Å². The largest absolute Gasteiger partial charge is 0.375 e. The SMILES string of the molecule is C=CCOCC1CO1.c1ccc(C2CO2)cc1. The van der Waals surface area contributed by atoms with Crippen molar-refractivity contribution in [1.82, 2.24) is 0 Å². The van der Waals surface area contributed by atoms with Crippen LogP contribution in [0.15, 0.2) is 43.0 Å². The van der Waals surface area contributed by atoms with Crippen molar-refractivity contribution >= 4 is 0 Å². The van der Waals surface area contributed by atoms with Gasteiger partial charge in [-0.3, -0.25) is 0 Å². The minimum Gasteiger partial charge on any atom is -0.375 e. The van der Waals surface area contributed by atoms with Gasteiger partial charge in [0.2, 0.25) is 0 Å². The molecule has 1 aromatic carbocycles. The Hall–Kier alpha value is -1.16. The predicted octanol–water partition coefficient (Wildman–Crippen LogP) is 2.35. The molecule has 2 fully saturated rings. The van der Waals surface area contributed by atoms with Crippen molar-refractivity contribution in [2.24, 2.45) is 0 Å². The Morgan fingerprint density at radius 2 is 1.94 bits per heavy atom. The fraction of sp³-hybridized carbons (Fsp3) is 0.429. The molecule has 92 valence electrons. The molecule has 1 aromatic rings. The normalized spacial score (nSPS) is 24.5. The second-order valence-electron chi connectivity index (χ2n) is 4.01. The van der Waals surface area contributed by atoms with Gasteiger partial charge in [-0.05, 0) is 5.56 Å². The van der Waals surface area contributed by atoms with Crippen LogP contribution in [0.5, 0.6) is 0 Å². The van der Waals surface area contributed by atoms with Gasteiger partial charge in [0.05, 0.1) is 26.4 Å². The molecule has 2 atom stereocenters. The molecular formula is C14H18O3. The molecule has 2 unspecified atom stereocenters. The summed E-state index contributed by atoms with van der Waals surface area (Å²) in [6.45, 7) is 6.66. The average molecular weight is 234 g/mol. The van der Waals surface area contributed by atoms with E-state index in [9.17, 15) is 0 Å². The lowest BCUT2D eigenvalue weighted by molar-refractivity contribution is 0.141. The van der Waals surface area contributed by atoms with E-state index in [1.165, 1.54) is 5.56 Å². The lowest BCUT2D eigenvalue weighted by Gasteiger charge is -1.92. The molecule has 2 heterocycles. The van der Waals surface area contributed by atoms with Crippen molar-refractivity contribution in [2.45, 2.75) is 12.2 Å². The first-order chi connectivity index (χ1) is 8.40. The third-order valence-electron chi connectivity index (χ3n) is 2.45. The summed E-state index contributed by atoms with van der Waals surface area (Å²) in [5, 5.41) is 0. The first-order valence-corrected chi connectivity index (χ1v) is 5.87. The van der Waals surface area contributed by atoms with Crippen molar-refractivity contribution in [3.8, 4) is 0 Å². The highest BCUT2D eigenvalue weighted by Gasteiger charge is 2.23. The molecule has 0 aliphatic carbocycles. The van der Waals surface area contributed by atoms with Crippen molar-refractivity contribution in [3.05, 3.63) is 48.6 Å². The molecule has 0 bridgehead atoms. The van der Waals surface area contributed by atoms with Crippen LogP contribution in [0.25, 0.3) is 0 Å². The zero-order valence-corrected chi connectivity index (χ0v) is 9.88. The number of benzene rings is 1. The summed E-state index contributed by atoms with van der Waals surface area (Å²) in [7, 11) is 0. The third-order valence-corrected chi connectivity index (χ3v) is 2.45. The minimum absolute atomic E-state index is 0.384. The molecule has 0 radical (unpaired) electrons. The number of hydrogen-bond acceptors (Lipinski definition) is 3. The highest BCUT2D eigenvalue weighted by Crippen LogP contribution is 2.28. The van der Waals surface area contributed by atoms with Gasteiger partial charge >= 0.3 is 0 Å². The Morgan fingerprint density at radius 1 is 1.24 bits per heavy atom. The van der Waals surface area contributed by atoms with Gasteiger partial charge in [-0.15, -0.1) is 6.58 Å². The fourth-order valence-electron chi connectivity index (χ4n) is 1.36. The van der Waals surface area contributed by atoms with Crippen molar-refractivity contribution in [1.29, 1.82) is 0 Å². The maximum Gasteiger partial charge on any atom is 0.106 e. The Morgan fingerprint density at radius 3 is 2.47 bits per heavy atom. The Bertz CT molecular complexity index is 329. The molecule has 0 aromatic heterocycles. The van der Waals surface area contributed by atoms with Crippen molar-refractivity contribution < 1.29 is 14.2 Å². The first-order valence-electron chi connectivity index (χ1n) is 5.87. The summed E-state index contributed by atoms with van der Waals surface area (Å²) < 4.78 is 15.1. The van der Waals surface area contributed by atoms with Crippen LogP contribution < -0.4 is 0 Å². The Kier molecular flexibility index (Phi) is 4.74. The molecule has 3 heteroatoms. The van der Waals surface area contributed by atoms with Crippen LogP contribution in [-0.2, 0) is 14.2 Å². The lowest BCUT2D eigenvalue weighted by atomic mass is 10.2. The zero-order valence-electron chi connectivity index (χ0n) is 9.88. The summed E-state index contributed by atoms with van der Waals surface area (Å²) in [5.41, 5.74) is 1.30. The highest BCUT2D eigenvalue weighted by atomic mass is 16.6. The standard InChI is InChI=1S/C8H8O.C6H10O2/c1-2-4-7(5-3-1)8-6-9-8;1-2-3-7-4-6-5-8-6/h1-5,8H,6H2;2,6H,1,3-5H2. The molecular weight excluding hydrogens is 216 g/mol. The zero-order chi connectivity index (χ0) is 11.9. The Labute approximate surface area is 102 Å². The van der Waals surface area contributed by atoms with Gasteiger partial charge in [0, 0.05) is 0 Å². The van der Waals surface area contributed by atoms with Crippen LogP contribution in [0.1, 0.15) is 11.7 Å². The minimum atomic E-state index is 0.384. The van der Waals surface area contributed by atoms with E-state index < -0.39 is 0 Å². The van der Waals surface area contributed by atoms with Crippen LogP contribution in [0.3, 0.4) is 0 Å². The van der Waals surface area contributed by atoms with Gasteiger partial charge in [-0.25, -0.2) is 0 Å². The quantitative estimate of drug-likeness (QED) is 0.445. The molecule has 2 aliphatic heterocycles. The number of hydrogen-bond donors (Lipinski definition) is 0. The summed E-state index contributed by atoms with van der Waals surface area (Å²) in [6.07, 6.45) is 2.53. The van der Waals surface area contributed by atoms with Crippen LogP contribution in [0.2, 0.25) is 0 Å². The first kappa shape index (κ1) is 12.3. The predicted molar refractivity (Wildman–Crippen MR) is 65.9 cm³/mol. The smallest absolute Gasteiger partial charge is 0.106 e. The Balaban J connectivity index is 0.000000128. The number of epoxide rings is 2. The molecule has 2 saturated heterocycles. The van der Waals surface area contributed by atoms with E-state index in [1.807, 2.05) is 18.2 Å². The van der Waals surface area contributed by atoms with Crippen LogP contribution in [0.4, 0.5) is 0 Å². The van der Waals surface area contributed by atoms with Crippen LogP contribution >= 0.6 is 0 Å². The molecule has 3 rings (SSSR count). The molecule has 3 nitrogen and oxygen atoms in total. The van der Waals surface area contributed by atoms with Gasteiger partial charge in [0.15, 0.2) is 0 Å². The van der Waals surface area contributed by atoms with E-state index in [4.69, 9.17) is 14.2 Å². The van der Waals surface area contributed by atoms with E-state index in [1.54, 1.807) is 6.08 Å². The maximum absolute atomic E-state index is 5.09. The molecule has 0 spiro atoms. The summed E-state index contributed by atoms with van der Waals surface area (Å²) in [4.78, 5) is 0. The lowest BCUT2D eigenvalue weighted by Crippen LogP contribution is -2.00. The summed E-state index contributed by atoms with van der Waals surface area (Å²) >= 11 is 0. The van der Waals surface area contributed by atoms with E-state index in [0.717, 1.165) is 19.8 Å². The van der Waals surface area contributed by atoms with E-state index >= 15 is 0 Å². The van der Waals surface area contributed by atoms with E-state index in [0.29, 0.717) is 18.8 Å². The molecule has 0 saturated carbocycles. The molecule has 0 N–H and O–H groups in total.